The van der Waals surface area contributed by atoms with Crippen LogP contribution in [0.4, 0.5) is 4.39 Å². The molecule has 4 rings (SSSR count). The lowest BCUT2D eigenvalue weighted by molar-refractivity contribution is -0.124. The van der Waals surface area contributed by atoms with Crippen LogP contribution in [0, 0.1) is 5.82 Å². The van der Waals surface area contributed by atoms with Gasteiger partial charge in [-0.3, -0.25) is 4.79 Å². The number of hydrogen-bond donors (Lipinski definition) is 1. The fourth-order valence-electron chi connectivity index (χ4n) is 3.22. The van der Waals surface area contributed by atoms with Crippen molar-refractivity contribution in [2.75, 3.05) is 0 Å². The molecule has 0 spiro atoms. The average Bonchev–Trinajstić information content (AvgIpc) is 3.29. The summed E-state index contributed by atoms with van der Waals surface area (Å²) in [5, 5.41) is 7.20. The van der Waals surface area contributed by atoms with Crippen LogP contribution >= 0.6 is 0 Å². The number of nitrogens with zero attached hydrogens (tertiary/aromatic N) is 3. The molecule has 3 aromatic rings. The molecule has 132 valence electrons. The van der Waals surface area contributed by atoms with Gasteiger partial charge in [0, 0.05) is 0 Å². The van der Waals surface area contributed by atoms with E-state index in [1.54, 1.807) is 23.1 Å². The van der Waals surface area contributed by atoms with Crippen molar-refractivity contribution >= 4 is 5.91 Å². The van der Waals surface area contributed by atoms with Gasteiger partial charge in [-0.2, -0.15) is 5.10 Å². The van der Waals surface area contributed by atoms with Gasteiger partial charge in [-0.1, -0.05) is 24.3 Å². The monoisotopic (exact) mass is 350 g/mol. The SMILES string of the molecule is CC(NC(=O)C1(c2ccc(F)cc2)CC1)c1ccc(-n2cncn2)cc1. The normalized spacial score (nSPS) is 16.1. The van der Waals surface area contributed by atoms with Gasteiger partial charge in [0.25, 0.3) is 0 Å². The number of rotatable bonds is 5. The predicted molar refractivity (Wildman–Crippen MR) is 95.2 cm³/mol. The van der Waals surface area contributed by atoms with Crippen molar-refractivity contribution in [2.45, 2.75) is 31.2 Å². The zero-order valence-corrected chi connectivity index (χ0v) is 14.4. The molecule has 0 aliphatic heterocycles. The molecule has 1 heterocycles. The minimum atomic E-state index is -0.511. The molecule has 1 aliphatic rings. The van der Waals surface area contributed by atoms with E-state index in [9.17, 15) is 9.18 Å². The van der Waals surface area contributed by atoms with Gasteiger partial charge in [-0.05, 0) is 55.2 Å². The van der Waals surface area contributed by atoms with E-state index in [0.29, 0.717) is 0 Å². The third-order valence-electron chi connectivity index (χ3n) is 5.01. The van der Waals surface area contributed by atoms with Crippen LogP contribution in [0.25, 0.3) is 5.69 Å². The van der Waals surface area contributed by atoms with E-state index in [0.717, 1.165) is 29.7 Å². The molecule has 1 aromatic heterocycles. The summed E-state index contributed by atoms with van der Waals surface area (Å²) in [6, 6.07) is 14.0. The summed E-state index contributed by atoms with van der Waals surface area (Å²) in [7, 11) is 0. The second kappa shape index (κ2) is 6.37. The lowest BCUT2D eigenvalue weighted by atomic mass is 9.94. The van der Waals surface area contributed by atoms with Crippen LogP contribution in [0.15, 0.2) is 61.2 Å². The van der Waals surface area contributed by atoms with Crippen LogP contribution in [0.2, 0.25) is 0 Å². The molecule has 0 saturated heterocycles. The molecule has 2 aromatic carbocycles. The zero-order valence-electron chi connectivity index (χ0n) is 14.4. The van der Waals surface area contributed by atoms with Crippen molar-refractivity contribution in [3.63, 3.8) is 0 Å². The maximum absolute atomic E-state index is 13.2. The molecule has 6 heteroatoms. The van der Waals surface area contributed by atoms with Gasteiger partial charge in [0.15, 0.2) is 0 Å². The number of nitrogens with one attached hydrogen (secondary N) is 1. The van der Waals surface area contributed by atoms with Crippen molar-refractivity contribution in [3.8, 4) is 5.69 Å². The standard InChI is InChI=1S/C20H19FN4O/c1-14(15-2-8-18(9-3-15)25-13-22-12-23-25)24-19(26)20(10-11-20)16-4-6-17(21)7-5-16/h2-9,12-14H,10-11H2,1H3,(H,24,26). The minimum absolute atomic E-state index is 0.00281. The quantitative estimate of drug-likeness (QED) is 0.768. The molecule has 1 saturated carbocycles. The summed E-state index contributed by atoms with van der Waals surface area (Å²) < 4.78 is 14.8. The van der Waals surface area contributed by atoms with E-state index in [1.165, 1.54) is 18.5 Å². The predicted octanol–water partition coefficient (Wildman–Crippen LogP) is 3.32. The van der Waals surface area contributed by atoms with E-state index in [2.05, 4.69) is 15.4 Å². The second-order valence-electron chi connectivity index (χ2n) is 6.72. The summed E-state index contributed by atoms with van der Waals surface area (Å²) >= 11 is 0. The second-order valence-corrected chi connectivity index (χ2v) is 6.72. The van der Waals surface area contributed by atoms with E-state index < -0.39 is 5.41 Å². The van der Waals surface area contributed by atoms with Gasteiger partial charge in [0.2, 0.25) is 5.91 Å². The van der Waals surface area contributed by atoms with Crippen LogP contribution in [-0.2, 0) is 10.2 Å². The first-order valence-corrected chi connectivity index (χ1v) is 8.60. The van der Waals surface area contributed by atoms with E-state index >= 15 is 0 Å². The van der Waals surface area contributed by atoms with Gasteiger partial charge < -0.3 is 5.32 Å². The summed E-state index contributed by atoms with van der Waals surface area (Å²) in [6.45, 7) is 1.96. The fraction of sp³-hybridized carbons (Fsp3) is 0.250. The number of carbonyl (C=O) groups is 1. The van der Waals surface area contributed by atoms with Crippen molar-refractivity contribution in [2.24, 2.45) is 0 Å². The molecular formula is C20H19FN4O. The number of benzene rings is 2. The first-order chi connectivity index (χ1) is 12.6. The number of aromatic nitrogens is 3. The Morgan fingerprint density at radius 1 is 1.15 bits per heavy atom. The highest BCUT2D eigenvalue weighted by atomic mass is 19.1. The number of amides is 1. The molecule has 1 fully saturated rings. The van der Waals surface area contributed by atoms with Crippen LogP contribution in [-0.4, -0.2) is 20.7 Å². The molecule has 26 heavy (non-hydrogen) atoms. The van der Waals surface area contributed by atoms with Gasteiger partial charge in [0.1, 0.15) is 18.5 Å². The van der Waals surface area contributed by atoms with E-state index in [4.69, 9.17) is 0 Å². The Labute approximate surface area is 150 Å². The highest BCUT2D eigenvalue weighted by molar-refractivity contribution is 5.91. The Morgan fingerprint density at radius 2 is 1.85 bits per heavy atom. The van der Waals surface area contributed by atoms with Crippen molar-refractivity contribution in [1.82, 2.24) is 20.1 Å². The zero-order chi connectivity index (χ0) is 18.1. The summed E-state index contributed by atoms with van der Waals surface area (Å²) in [5.41, 5.74) is 2.29. The average molecular weight is 350 g/mol. The van der Waals surface area contributed by atoms with Crippen LogP contribution in [0.3, 0.4) is 0 Å². The van der Waals surface area contributed by atoms with Gasteiger partial charge in [-0.25, -0.2) is 14.1 Å². The Balaban J connectivity index is 1.46. The largest absolute Gasteiger partial charge is 0.349 e. The molecule has 1 atom stereocenters. The van der Waals surface area contributed by atoms with Crippen LogP contribution in [0.5, 0.6) is 0 Å². The first kappa shape index (κ1) is 16.4. The summed E-state index contributed by atoms with van der Waals surface area (Å²) in [5.74, 6) is -0.289. The number of carbonyl (C=O) groups excluding carboxylic acids is 1. The minimum Gasteiger partial charge on any atom is -0.349 e. The van der Waals surface area contributed by atoms with Crippen LogP contribution in [0.1, 0.15) is 36.9 Å². The maximum Gasteiger partial charge on any atom is 0.231 e. The highest BCUT2D eigenvalue weighted by Crippen LogP contribution is 2.48. The molecule has 1 amide bonds. The molecule has 1 unspecified atom stereocenters. The molecule has 1 N–H and O–H groups in total. The highest BCUT2D eigenvalue weighted by Gasteiger charge is 2.51. The van der Waals surface area contributed by atoms with Crippen LogP contribution < -0.4 is 5.32 Å². The molecule has 5 nitrogen and oxygen atoms in total. The summed E-state index contributed by atoms with van der Waals surface area (Å²) in [6.07, 6.45) is 4.71. The van der Waals surface area contributed by atoms with Gasteiger partial charge in [0.05, 0.1) is 17.1 Å². The van der Waals surface area contributed by atoms with E-state index in [1.807, 2.05) is 31.2 Å². The summed E-state index contributed by atoms with van der Waals surface area (Å²) in [4.78, 5) is 16.8. The number of halogens is 1. The first-order valence-electron chi connectivity index (χ1n) is 8.60. The Kier molecular flexibility index (Phi) is 4.03. The van der Waals surface area contributed by atoms with Crippen molar-refractivity contribution in [3.05, 3.63) is 78.1 Å². The third kappa shape index (κ3) is 2.98. The Bertz CT molecular complexity index is 900. The molecule has 0 bridgehead atoms. The van der Waals surface area contributed by atoms with Crippen molar-refractivity contribution in [1.29, 1.82) is 0 Å². The Morgan fingerprint density at radius 3 is 2.42 bits per heavy atom. The molecule has 1 aliphatic carbocycles. The molecule has 0 radical (unpaired) electrons. The van der Waals surface area contributed by atoms with Gasteiger partial charge in [-0.15, -0.1) is 0 Å². The maximum atomic E-state index is 13.2. The smallest absolute Gasteiger partial charge is 0.231 e. The lowest BCUT2D eigenvalue weighted by Crippen LogP contribution is -2.36. The lowest BCUT2D eigenvalue weighted by Gasteiger charge is -2.20. The Hall–Kier alpha value is -3.02. The third-order valence-corrected chi connectivity index (χ3v) is 5.01. The molecular weight excluding hydrogens is 331 g/mol. The van der Waals surface area contributed by atoms with Gasteiger partial charge >= 0.3 is 0 Å². The van der Waals surface area contributed by atoms with Crippen molar-refractivity contribution < 1.29 is 9.18 Å². The fourth-order valence-corrected chi connectivity index (χ4v) is 3.22. The number of hydrogen-bond acceptors (Lipinski definition) is 3. The van der Waals surface area contributed by atoms with E-state index in [-0.39, 0.29) is 17.8 Å². The topological polar surface area (TPSA) is 59.8 Å².